The van der Waals surface area contributed by atoms with Crippen LogP contribution in [0.2, 0.25) is 0 Å². The van der Waals surface area contributed by atoms with Gasteiger partial charge in [0.25, 0.3) is 0 Å². The number of benzene rings is 2. The Morgan fingerprint density at radius 3 is 2.15 bits per heavy atom. The molecule has 0 saturated heterocycles. The van der Waals surface area contributed by atoms with Crippen molar-refractivity contribution in [2.75, 3.05) is 19.1 Å². The zero-order chi connectivity index (χ0) is 30.0. The number of aliphatic hydroxyl groups excluding tert-OH is 1. The highest BCUT2D eigenvalue weighted by molar-refractivity contribution is 6.24. The van der Waals surface area contributed by atoms with Crippen LogP contribution < -0.4 is 10.2 Å². The summed E-state index contributed by atoms with van der Waals surface area (Å²) in [5.41, 5.74) is -1.51. The standard InChI is InChI=1S/C25H23F6N3O6/c1-12(2)16-9-32-19-5-4-14(8-15(16)19)40-22-17(24(26,27)28)6-13(7-18(22)25(29,30)31)33-34(21(37)11-36)20(10-35)23(38)39-3/h4-9,11-12,20,32-33,35H,10H2,1-3H3/t20-/m0/s1. The normalized spacial score (nSPS) is 12.8. The first kappa shape index (κ1) is 30.3. The minimum Gasteiger partial charge on any atom is -0.467 e. The first-order chi connectivity index (χ1) is 18.6. The van der Waals surface area contributed by atoms with Gasteiger partial charge in [-0.25, -0.2) is 9.80 Å². The molecule has 3 rings (SSSR count). The van der Waals surface area contributed by atoms with Gasteiger partial charge in [0.1, 0.15) is 16.9 Å². The second kappa shape index (κ2) is 11.5. The lowest BCUT2D eigenvalue weighted by atomic mass is 10.0. The fraction of sp³-hybridized carbons (Fsp3) is 0.320. The minimum atomic E-state index is -5.40. The Kier molecular flexibility index (Phi) is 8.67. The molecule has 2 aromatic carbocycles. The summed E-state index contributed by atoms with van der Waals surface area (Å²) in [6, 6.07) is 2.37. The molecule has 0 spiro atoms. The predicted molar refractivity (Wildman–Crippen MR) is 128 cm³/mol. The number of halogens is 6. The molecule has 1 heterocycles. The van der Waals surface area contributed by atoms with Crippen molar-refractivity contribution in [3.8, 4) is 11.5 Å². The number of aromatic amines is 1. The van der Waals surface area contributed by atoms with Crippen molar-refractivity contribution in [1.29, 1.82) is 0 Å². The van der Waals surface area contributed by atoms with Gasteiger partial charge in [-0.2, -0.15) is 26.3 Å². The van der Waals surface area contributed by atoms with Crippen LogP contribution in [0.25, 0.3) is 10.9 Å². The number of esters is 1. The molecule has 0 bridgehead atoms. The van der Waals surface area contributed by atoms with Gasteiger partial charge in [-0.3, -0.25) is 15.0 Å². The van der Waals surface area contributed by atoms with E-state index in [2.05, 4.69) is 9.72 Å². The van der Waals surface area contributed by atoms with E-state index in [0.29, 0.717) is 10.9 Å². The number of amides is 1. The Balaban J connectivity index is 2.19. The number of methoxy groups -OCH3 is 1. The topological polar surface area (TPSA) is 121 Å². The number of nitrogens with one attached hydrogen (secondary N) is 2. The Bertz CT molecular complexity index is 1380. The second-order valence-electron chi connectivity index (χ2n) is 8.76. The number of ether oxygens (including phenoxy) is 2. The van der Waals surface area contributed by atoms with Crippen molar-refractivity contribution in [2.45, 2.75) is 38.2 Å². The molecule has 1 atom stereocenters. The fourth-order valence-corrected chi connectivity index (χ4v) is 3.88. The molecule has 216 valence electrons. The predicted octanol–water partition coefficient (Wildman–Crippen LogP) is 5.01. The third kappa shape index (κ3) is 6.30. The van der Waals surface area contributed by atoms with Crippen LogP contribution in [0.4, 0.5) is 32.0 Å². The van der Waals surface area contributed by atoms with Crippen LogP contribution in [0.3, 0.4) is 0 Å². The molecule has 9 nitrogen and oxygen atoms in total. The van der Waals surface area contributed by atoms with Crippen LogP contribution in [0.15, 0.2) is 36.5 Å². The summed E-state index contributed by atoms with van der Waals surface area (Å²) in [7, 11) is 0.846. The lowest BCUT2D eigenvalue weighted by molar-refractivity contribution is -0.154. The number of hydrogen-bond donors (Lipinski definition) is 3. The maximum absolute atomic E-state index is 14.1. The first-order valence-electron chi connectivity index (χ1n) is 11.5. The van der Waals surface area contributed by atoms with E-state index >= 15 is 0 Å². The molecule has 40 heavy (non-hydrogen) atoms. The van der Waals surface area contributed by atoms with Crippen molar-refractivity contribution in [1.82, 2.24) is 9.99 Å². The Morgan fingerprint density at radius 2 is 1.68 bits per heavy atom. The van der Waals surface area contributed by atoms with E-state index in [0.717, 1.165) is 12.7 Å². The third-order valence-corrected chi connectivity index (χ3v) is 5.77. The number of anilines is 1. The maximum atomic E-state index is 14.1. The number of carbonyl (C=O) groups is 3. The summed E-state index contributed by atoms with van der Waals surface area (Å²) in [6.07, 6.45) is -9.49. The van der Waals surface area contributed by atoms with Crippen LogP contribution in [-0.4, -0.2) is 53.0 Å². The van der Waals surface area contributed by atoms with Gasteiger partial charge in [0.05, 0.1) is 19.4 Å². The molecule has 1 aromatic heterocycles. The molecule has 15 heteroatoms. The number of hydrogen-bond acceptors (Lipinski definition) is 7. The van der Waals surface area contributed by atoms with Crippen LogP contribution >= 0.6 is 0 Å². The van der Waals surface area contributed by atoms with Crippen LogP contribution in [0.5, 0.6) is 11.5 Å². The Hall–Kier alpha value is -4.27. The third-order valence-electron chi connectivity index (χ3n) is 5.77. The fourth-order valence-electron chi connectivity index (χ4n) is 3.88. The minimum absolute atomic E-state index is 0.0180. The number of H-pyrrole nitrogens is 1. The van der Waals surface area contributed by atoms with Gasteiger partial charge in [0.2, 0.25) is 6.29 Å². The number of aldehydes is 1. The van der Waals surface area contributed by atoms with E-state index in [1.54, 1.807) is 6.20 Å². The summed E-state index contributed by atoms with van der Waals surface area (Å²) in [6.45, 7) is 2.52. The van der Waals surface area contributed by atoms with E-state index in [4.69, 9.17) is 4.74 Å². The number of fused-ring (bicyclic) bond motifs is 1. The number of aromatic nitrogens is 1. The van der Waals surface area contributed by atoms with Gasteiger partial charge >= 0.3 is 24.2 Å². The second-order valence-corrected chi connectivity index (χ2v) is 8.76. The average molecular weight is 575 g/mol. The van der Waals surface area contributed by atoms with Crippen LogP contribution in [0, 0.1) is 0 Å². The summed E-state index contributed by atoms with van der Waals surface area (Å²) < 4.78 is 94.3. The van der Waals surface area contributed by atoms with Gasteiger partial charge < -0.3 is 19.6 Å². The van der Waals surface area contributed by atoms with Crippen molar-refractivity contribution in [3.63, 3.8) is 0 Å². The van der Waals surface area contributed by atoms with Crippen LogP contribution in [-0.2, 0) is 31.5 Å². The number of alkyl halides is 6. The van der Waals surface area contributed by atoms with Gasteiger partial charge in [0, 0.05) is 17.1 Å². The molecule has 3 aromatic rings. The highest BCUT2D eigenvalue weighted by atomic mass is 19.4. The molecular formula is C25H23F6N3O6. The number of nitrogens with zero attached hydrogens (tertiary/aromatic N) is 1. The van der Waals surface area contributed by atoms with E-state index in [-0.39, 0.29) is 35.1 Å². The van der Waals surface area contributed by atoms with Crippen molar-refractivity contribution >= 4 is 34.8 Å². The molecule has 0 saturated carbocycles. The lowest BCUT2D eigenvalue weighted by Crippen LogP contribution is -2.51. The SMILES string of the molecule is COC(=O)[C@H](CO)N(Nc1cc(C(F)(F)F)c(Oc2ccc3[nH]cc(C(C)C)c3c2)c(C(F)(F)F)c1)C(=O)C=O. The molecule has 0 fully saturated rings. The molecule has 0 aliphatic heterocycles. The van der Waals surface area contributed by atoms with E-state index in [1.807, 2.05) is 19.3 Å². The highest BCUT2D eigenvalue weighted by Crippen LogP contribution is 2.48. The molecule has 0 radical (unpaired) electrons. The van der Waals surface area contributed by atoms with E-state index in [9.17, 15) is 45.8 Å². The van der Waals surface area contributed by atoms with E-state index < -0.39 is 59.4 Å². The molecule has 0 aliphatic carbocycles. The van der Waals surface area contributed by atoms with Crippen LogP contribution in [0.1, 0.15) is 36.5 Å². The monoisotopic (exact) mass is 575 g/mol. The molecule has 0 aliphatic rings. The summed E-state index contributed by atoms with van der Waals surface area (Å²) in [5, 5.41) is 10.1. The zero-order valence-corrected chi connectivity index (χ0v) is 21.1. The van der Waals surface area contributed by atoms with Gasteiger partial charge in [0.15, 0.2) is 11.8 Å². The van der Waals surface area contributed by atoms with Crippen molar-refractivity contribution < 1.29 is 55.3 Å². The lowest BCUT2D eigenvalue weighted by Gasteiger charge is -2.29. The number of aliphatic hydroxyl groups is 1. The molecule has 0 unspecified atom stereocenters. The highest BCUT2D eigenvalue weighted by Gasteiger charge is 2.43. The summed E-state index contributed by atoms with van der Waals surface area (Å²) in [4.78, 5) is 38.0. The number of rotatable bonds is 9. The quantitative estimate of drug-likeness (QED) is 0.108. The van der Waals surface area contributed by atoms with E-state index in [1.165, 1.54) is 18.2 Å². The molecular weight excluding hydrogens is 552 g/mol. The van der Waals surface area contributed by atoms with Crippen molar-refractivity contribution in [3.05, 3.63) is 53.2 Å². The summed E-state index contributed by atoms with van der Waals surface area (Å²) in [5.74, 6) is -4.79. The first-order valence-corrected chi connectivity index (χ1v) is 11.5. The maximum Gasteiger partial charge on any atom is 0.420 e. The zero-order valence-electron chi connectivity index (χ0n) is 21.1. The van der Waals surface area contributed by atoms with Gasteiger partial charge in [-0.1, -0.05) is 13.8 Å². The Labute approximate surface area is 222 Å². The van der Waals surface area contributed by atoms with Crippen molar-refractivity contribution in [2.24, 2.45) is 0 Å². The number of hydrazine groups is 1. The average Bonchev–Trinajstić information content (AvgIpc) is 3.30. The van der Waals surface area contributed by atoms with Gasteiger partial charge in [-0.15, -0.1) is 0 Å². The molecule has 1 amide bonds. The summed E-state index contributed by atoms with van der Waals surface area (Å²) >= 11 is 0. The Morgan fingerprint density at radius 1 is 1.07 bits per heavy atom. The largest absolute Gasteiger partial charge is 0.467 e. The number of carbonyl (C=O) groups excluding carboxylic acids is 3. The smallest absolute Gasteiger partial charge is 0.420 e. The van der Waals surface area contributed by atoms with Gasteiger partial charge in [-0.05, 0) is 41.8 Å². The molecule has 3 N–H and O–H groups in total.